The van der Waals surface area contributed by atoms with Gasteiger partial charge in [0.05, 0.1) is 29.1 Å². The molecule has 3 rings (SSSR count). The Hall–Kier alpha value is -2.55. The summed E-state index contributed by atoms with van der Waals surface area (Å²) in [6, 6.07) is 6.21. The van der Waals surface area contributed by atoms with Crippen LogP contribution < -0.4 is 10.5 Å². The molecule has 0 saturated heterocycles. The number of ether oxygens (including phenoxy) is 1. The van der Waals surface area contributed by atoms with Crippen molar-refractivity contribution in [2.45, 2.75) is 37.8 Å². The molecule has 31 heavy (non-hydrogen) atoms. The van der Waals surface area contributed by atoms with E-state index in [2.05, 4.69) is 0 Å². The molecule has 2 aromatic rings. The van der Waals surface area contributed by atoms with E-state index in [9.17, 15) is 13.2 Å². The first-order chi connectivity index (χ1) is 14.8. The molecule has 1 aliphatic heterocycles. The third kappa shape index (κ3) is 4.71. The van der Waals surface area contributed by atoms with Crippen molar-refractivity contribution in [3.05, 3.63) is 70.5 Å². The van der Waals surface area contributed by atoms with Crippen LogP contribution in [0, 0.1) is 0 Å². The van der Waals surface area contributed by atoms with Gasteiger partial charge in [-0.25, -0.2) is 8.42 Å². The number of primary amides is 1. The second-order valence-electron chi connectivity index (χ2n) is 7.09. The van der Waals surface area contributed by atoms with Crippen molar-refractivity contribution in [2.75, 3.05) is 13.7 Å². The summed E-state index contributed by atoms with van der Waals surface area (Å²) in [5, 5.41) is 0.293. The summed E-state index contributed by atoms with van der Waals surface area (Å²) in [6.45, 7) is 2.63. The van der Waals surface area contributed by atoms with Gasteiger partial charge in [-0.3, -0.25) is 4.79 Å². The lowest BCUT2D eigenvalue weighted by molar-refractivity contribution is 0.0998. The third-order valence-corrected chi connectivity index (χ3v) is 7.51. The topological polar surface area (TPSA) is 94.6 Å². The number of hydrogen-bond donors (Lipinski definition) is 1. The number of amides is 1. The fourth-order valence-corrected chi connectivity index (χ4v) is 5.41. The first kappa shape index (κ1) is 23.1. The number of benzene rings is 1. The van der Waals surface area contributed by atoms with Gasteiger partial charge < -0.3 is 15.0 Å². The molecule has 9 heteroatoms. The maximum Gasteiger partial charge on any atom is 0.252 e. The zero-order chi connectivity index (χ0) is 22.6. The summed E-state index contributed by atoms with van der Waals surface area (Å²) < 4.78 is 34.7. The van der Waals surface area contributed by atoms with Crippen LogP contribution in [0.15, 0.2) is 53.5 Å². The molecule has 1 aromatic carbocycles. The zero-order valence-corrected chi connectivity index (χ0v) is 19.1. The third-order valence-electron chi connectivity index (χ3n) is 5.24. The molecule has 2 heterocycles. The number of carbonyl (C=O) groups is 1. The predicted molar refractivity (Wildman–Crippen MR) is 121 cm³/mol. The van der Waals surface area contributed by atoms with E-state index in [-0.39, 0.29) is 23.5 Å². The molecule has 7 nitrogen and oxygen atoms in total. The molecular weight excluding hydrogens is 438 g/mol. The monoisotopic (exact) mass is 463 g/mol. The Morgan fingerprint density at radius 3 is 2.52 bits per heavy atom. The van der Waals surface area contributed by atoms with Crippen LogP contribution >= 0.6 is 11.6 Å². The summed E-state index contributed by atoms with van der Waals surface area (Å²) in [6.07, 6.45) is 9.34. The van der Waals surface area contributed by atoms with Gasteiger partial charge in [0.2, 0.25) is 10.0 Å². The van der Waals surface area contributed by atoms with E-state index in [1.165, 1.54) is 23.5 Å². The van der Waals surface area contributed by atoms with E-state index < -0.39 is 15.9 Å². The number of sulfonamides is 1. The van der Waals surface area contributed by atoms with E-state index in [4.69, 9.17) is 22.1 Å². The van der Waals surface area contributed by atoms with Crippen LogP contribution in [-0.4, -0.2) is 36.9 Å². The van der Waals surface area contributed by atoms with Crippen LogP contribution in [0.1, 0.15) is 35.1 Å². The minimum Gasteiger partial charge on any atom is -0.497 e. The normalized spacial score (nSPS) is 14.9. The molecule has 0 saturated carbocycles. The zero-order valence-electron chi connectivity index (χ0n) is 17.5. The van der Waals surface area contributed by atoms with Gasteiger partial charge in [-0.1, -0.05) is 35.9 Å². The number of carbonyl (C=O) groups excluding carboxylic acids is 1. The standard InChI is InChI=1S/C22H26ClN3O4S/c1-3-4-5-6-7-8-18-21(23)20(22(24)27)19-15-25(13-14-26(18)19)31(28,29)17-11-9-16(30-2)10-12-17/h3-4,6-7,9-12H,5,8,13-15H2,1-2H3,(H2,24,27)/b4-3-,7-6-. The van der Waals surface area contributed by atoms with Crippen molar-refractivity contribution in [3.8, 4) is 5.75 Å². The van der Waals surface area contributed by atoms with Gasteiger partial charge >= 0.3 is 0 Å². The number of aromatic nitrogens is 1. The van der Waals surface area contributed by atoms with Crippen molar-refractivity contribution in [2.24, 2.45) is 5.73 Å². The number of halogens is 1. The largest absolute Gasteiger partial charge is 0.497 e. The van der Waals surface area contributed by atoms with Crippen molar-refractivity contribution in [1.29, 1.82) is 0 Å². The number of nitrogens with zero attached hydrogens (tertiary/aromatic N) is 2. The highest BCUT2D eigenvalue weighted by molar-refractivity contribution is 7.89. The molecule has 0 bridgehead atoms. The average Bonchev–Trinajstić information content (AvgIpc) is 3.04. The van der Waals surface area contributed by atoms with Gasteiger partial charge in [0.1, 0.15) is 5.75 Å². The Morgan fingerprint density at radius 2 is 1.90 bits per heavy atom. The number of allylic oxidation sites excluding steroid dienone is 4. The molecule has 1 amide bonds. The summed E-state index contributed by atoms with van der Waals surface area (Å²) in [5.74, 6) is -0.0945. The highest BCUT2D eigenvalue weighted by Crippen LogP contribution is 2.33. The highest BCUT2D eigenvalue weighted by atomic mass is 35.5. The Bertz CT molecular complexity index is 1120. The first-order valence-corrected chi connectivity index (χ1v) is 11.7. The maximum atomic E-state index is 13.2. The van der Waals surface area contributed by atoms with E-state index >= 15 is 0 Å². The second kappa shape index (κ2) is 9.72. The van der Waals surface area contributed by atoms with Gasteiger partial charge in [0, 0.05) is 30.9 Å². The lowest BCUT2D eigenvalue weighted by Crippen LogP contribution is -2.39. The lowest BCUT2D eigenvalue weighted by Gasteiger charge is -2.29. The smallest absolute Gasteiger partial charge is 0.252 e. The average molecular weight is 464 g/mol. The number of methoxy groups -OCH3 is 1. The Morgan fingerprint density at radius 1 is 1.19 bits per heavy atom. The molecule has 0 radical (unpaired) electrons. The highest BCUT2D eigenvalue weighted by Gasteiger charge is 2.34. The van der Waals surface area contributed by atoms with Crippen LogP contribution in [-0.2, 0) is 29.5 Å². The van der Waals surface area contributed by atoms with Gasteiger partial charge in [-0.2, -0.15) is 4.31 Å². The minimum absolute atomic E-state index is 0.0225. The van der Waals surface area contributed by atoms with Gasteiger partial charge in [-0.05, 0) is 37.6 Å². The Kier molecular flexibility index (Phi) is 7.25. The van der Waals surface area contributed by atoms with Gasteiger partial charge in [-0.15, -0.1) is 0 Å². The first-order valence-electron chi connectivity index (χ1n) is 9.91. The molecule has 0 fully saturated rings. The molecule has 2 N–H and O–H groups in total. The molecule has 166 valence electrons. The van der Waals surface area contributed by atoms with E-state index in [0.29, 0.717) is 29.4 Å². The molecule has 1 aliphatic rings. The van der Waals surface area contributed by atoms with Crippen LogP contribution in [0.2, 0.25) is 5.02 Å². The number of nitrogens with two attached hydrogens (primary N) is 1. The molecule has 1 aromatic heterocycles. The number of fused-ring (bicyclic) bond motifs is 1. The fraction of sp³-hybridized carbons (Fsp3) is 0.318. The van der Waals surface area contributed by atoms with Crippen molar-refractivity contribution in [3.63, 3.8) is 0 Å². The summed E-state index contributed by atoms with van der Waals surface area (Å²) in [4.78, 5) is 12.3. The van der Waals surface area contributed by atoms with Crippen LogP contribution in [0.3, 0.4) is 0 Å². The van der Waals surface area contributed by atoms with Gasteiger partial charge in [0.25, 0.3) is 5.91 Å². The quantitative estimate of drug-likeness (QED) is 0.606. The molecule has 0 aliphatic carbocycles. The van der Waals surface area contributed by atoms with Crippen LogP contribution in [0.25, 0.3) is 0 Å². The number of hydrogen-bond acceptors (Lipinski definition) is 4. The molecule has 0 unspecified atom stereocenters. The molecular formula is C22H26ClN3O4S. The maximum absolute atomic E-state index is 13.2. The van der Waals surface area contributed by atoms with Gasteiger partial charge in [0.15, 0.2) is 0 Å². The number of rotatable bonds is 8. The summed E-state index contributed by atoms with van der Waals surface area (Å²) >= 11 is 6.52. The Labute approximate surface area is 187 Å². The van der Waals surface area contributed by atoms with Crippen molar-refractivity contribution in [1.82, 2.24) is 8.87 Å². The SMILES string of the molecule is C/C=C\C/C=C\Cc1c(Cl)c(C(N)=O)c2n1CCN(S(=O)(=O)c1ccc(OC)cc1)C2. The van der Waals surface area contributed by atoms with Crippen LogP contribution in [0.5, 0.6) is 5.75 Å². The van der Waals surface area contributed by atoms with E-state index in [1.54, 1.807) is 12.1 Å². The summed E-state index contributed by atoms with van der Waals surface area (Å²) in [5.41, 5.74) is 7.08. The second-order valence-corrected chi connectivity index (χ2v) is 9.41. The molecule has 0 spiro atoms. The van der Waals surface area contributed by atoms with E-state index in [1.807, 2.05) is 35.8 Å². The van der Waals surface area contributed by atoms with Crippen LogP contribution in [0.4, 0.5) is 0 Å². The van der Waals surface area contributed by atoms with Crippen molar-refractivity contribution < 1.29 is 17.9 Å². The Balaban J connectivity index is 1.92. The molecule has 0 atom stereocenters. The lowest BCUT2D eigenvalue weighted by atomic mass is 10.2. The van der Waals surface area contributed by atoms with E-state index in [0.717, 1.165) is 12.1 Å². The fourth-order valence-electron chi connectivity index (χ4n) is 3.64. The minimum atomic E-state index is -3.76. The van der Waals surface area contributed by atoms with Crippen molar-refractivity contribution >= 4 is 27.5 Å². The predicted octanol–water partition coefficient (Wildman–Crippen LogP) is 3.52. The summed E-state index contributed by atoms with van der Waals surface area (Å²) in [7, 11) is -2.24.